The first-order valence-corrected chi connectivity index (χ1v) is 7.55. The van der Waals surface area contributed by atoms with Gasteiger partial charge in [0.25, 0.3) is 0 Å². The maximum atomic E-state index is 12.4. The van der Waals surface area contributed by atoms with Crippen LogP contribution in [0, 0.1) is 0 Å². The highest BCUT2D eigenvalue weighted by atomic mass is 35.5. The molecule has 0 aliphatic carbocycles. The summed E-state index contributed by atoms with van der Waals surface area (Å²) in [6.07, 6.45) is 0. The van der Waals surface area contributed by atoms with E-state index in [1.807, 2.05) is 30.3 Å². The van der Waals surface area contributed by atoms with Crippen molar-refractivity contribution in [2.24, 2.45) is 5.73 Å². The summed E-state index contributed by atoms with van der Waals surface area (Å²) in [7, 11) is 0. The molecule has 1 aromatic carbocycles. The Morgan fingerprint density at radius 2 is 1.87 bits per heavy atom. The van der Waals surface area contributed by atoms with Gasteiger partial charge in [-0.3, -0.25) is 9.59 Å². The number of hydrogen-bond donors (Lipinski definition) is 2. The fourth-order valence-corrected chi connectivity index (χ4v) is 2.51. The zero-order valence-corrected chi connectivity index (χ0v) is 14.1. The maximum Gasteiger partial charge on any atom is 0.245 e. The lowest BCUT2D eigenvalue weighted by atomic mass is 9.98. The van der Waals surface area contributed by atoms with Gasteiger partial charge >= 0.3 is 0 Å². The lowest BCUT2D eigenvalue weighted by molar-refractivity contribution is -0.139. The zero-order valence-electron chi connectivity index (χ0n) is 13.2. The van der Waals surface area contributed by atoms with Crippen molar-refractivity contribution in [3.8, 4) is 0 Å². The van der Waals surface area contributed by atoms with Crippen LogP contribution in [0.5, 0.6) is 0 Å². The van der Waals surface area contributed by atoms with E-state index in [4.69, 9.17) is 10.5 Å². The molecule has 7 heteroatoms. The molecule has 1 fully saturated rings. The minimum atomic E-state index is -0.566. The highest BCUT2D eigenvalue weighted by Gasteiger charge is 2.26. The number of nitrogens with two attached hydrogens (primary N) is 1. The lowest BCUT2D eigenvalue weighted by Gasteiger charge is -2.30. The number of carbonyl (C=O) groups excluding carboxylic acids is 2. The maximum absolute atomic E-state index is 12.4. The second kappa shape index (κ2) is 9.50. The molecule has 2 atom stereocenters. The van der Waals surface area contributed by atoms with Crippen molar-refractivity contribution < 1.29 is 14.3 Å². The smallest absolute Gasteiger partial charge is 0.245 e. The zero-order chi connectivity index (χ0) is 15.9. The molecule has 1 aliphatic rings. The average Bonchev–Trinajstić information content (AvgIpc) is 2.56. The van der Waals surface area contributed by atoms with Crippen LogP contribution in [0.4, 0.5) is 0 Å². The van der Waals surface area contributed by atoms with Crippen molar-refractivity contribution in [3.05, 3.63) is 35.9 Å². The van der Waals surface area contributed by atoms with Crippen molar-refractivity contribution in [2.75, 3.05) is 32.8 Å². The molecule has 128 valence electrons. The minimum absolute atomic E-state index is 0. The number of halogens is 1. The van der Waals surface area contributed by atoms with Gasteiger partial charge in [0.15, 0.2) is 0 Å². The molecule has 3 N–H and O–H groups in total. The molecule has 2 unspecified atom stereocenters. The Balaban J connectivity index is 0.00000264. The largest absolute Gasteiger partial charge is 0.378 e. The van der Waals surface area contributed by atoms with Gasteiger partial charge in [0.05, 0.1) is 19.1 Å². The number of rotatable bonds is 5. The number of nitrogens with one attached hydrogen (secondary N) is 1. The van der Waals surface area contributed by atoms with Crippen molar-refractivity contribution >= 4 is 24.2 Å². The molecular weight excluding hydrogens is 318 g/mol. The third kappa shape index (κ3) is 5.20. The quantitative estimate of drug-likeness (QED) is 0.817. The van der Waals surface area contributed by atoms with E-state index in [1.54, 1.807) is 11.8 Å². The second-order valence-corrected chi connectivity index (χ2v) is 5.37. The molecule has 1 saturated heterocycles. The molecule has 0 radical (unpaired) electrons. The van der Waals surface area contributed by atoms with Crippen molar-refractivity contribution in [3.63, 3.8) is 0 Å². The van der Waals surface area contributed by atoms with Crippen molar-refractivity contribution in [1.82, 2.24) is 10.2 Å². The lowest BCUT2D eigenvalue weighted by Crippen LogP contribution is -2.51. The van der Waals surface area contributed by atoms with Gasteiger partial charge in [-0.2, -0.15) is 0 Å². The molecule has 2 rings (SSSR count). The number of amides is 2. The second-order valence-electron chi connectivity index (χ2n) is 5.37. The van der Waals surface area contributed by atoms with Gasteiger partial charge in [0.1, 0.15) is 6.04 Å². The number of nitrogens with zero attached hydrogens (tertiary/aromatic N) is 1. The van der Waals surface area contributed by atoms with E-state index in [0.29, 0.717) is 26.3 Å². The van der Waals surface area contributed by atoms with Crippen LogP contribution in [0.3, 0.4) is 0 Å². The Kier molecular flexibility index (Phi) is 8.02. The molecule has 0 saturated carbocycles. The average molecular weight is 342 g/mol. The third-order valence-corrected chi connectivity index (χ3v) is 3.81. The Labute approximate surface area is 142 Å². The Morgan fingerprint density at radius 1 is 1.26 bits per heavy atom. The molecule has 23 heavy (non-hydrogen) atoms. The van der Waals surface area contributed by atoms with Gasteiger partial charge in [-0.15, -0.1) is 12.4 Å². The van der Waals surface area contributed by atoms with Crippen LogP contribution in [-0.4, -0.2) is 55.6 Å². The minimum Gasteiger partial charge on any atom is -0.378 e. The van der Waals surface area contributed by atoms with E-state index >= 15 is 0 Å². The first-order valence-electron chi connectivity index (χ1n) is 7.55. The van der Waals surface area contributed by atoms with Gasteiger partial charge in [-0.25, -0.2) is 0 Å². The van der Waals surface area contributed by atoms with E-state index in [9.17, 15) is 9.59 Å². The van der Waals surface area contributed by atoms with Gasteiger partial charge < -0.3 is 20.7 Å². The highest BCUT2D eigenvalue weighted by Crippen LogP contribution is 2.14. The normalized spacial score (nSPS) is 16.9. The Morgan fingerprint density at radius 3 is 2.43 bits per heavy atom. The molecular formula is C16H24ClN3O3. The summed E-state index contributed by atoms with van der Waals surface area (Å²) >= 11 is 0. The van der Waals surface area contributed by atoms with E-state index in [0.717, 1.165) is 5.56 Å². The monoisotopic (exact) mass is 341 g/mol. The van der Waals surface area contributed by atoms with Gasteiger partial charge in [-0.05, 0) is 12.5 Å². The Hall–Kier alpha value is -1.63. The summed E-state index contributed by atoms with van der Waals surface area (Å²) in [5.41, 5.74) is 6.58. The predicted molar refractivity (Wildman–Crippen MR) is 90.5 cm³/mol. The molecule has 6 nitrogen and oxygen atoms in total. The molecule has 0 aromatic heterocycles. The number of carbonyl (C=O) groups is 2. The first-order chi connectivity index (χ1) is 10.6. The van der Waals surface area contributed by atoms with Crippen molar-refractivity contribution in [1.29, 1.82) is 0 Å². The number of benzene rings is 1. The molecule has 0 spiro atoms. The Bertz CT molecular complexity index is 507. The number of morpholine rings is 1. The van der Waals surface area contributed by atoms with Crippen molar-refractivity contribution in [2.45, 2.75) is 18.9 Å². The fraction of sp³-hybridized carbons (Fsp3) is 0.500. The van der Waals surface area contributed by atoms with Gasteiger partial charge in [0.2, 0.25) is 11.8 Å². The highest BCUT2D eigenvalue weighted by molar-refractivity contribution is 5.90. The summed E-state index contributed by atoms with van der Waals surface area (Å²) in [4.78, 5) is 26.4. The first kappa shape index (κ1) is 19.4. The van der Waals surface area contributed by atoms with Crippen LogP contribution >= 0.6 is 12.4 Å². The standard InChI is InChI=1S/C16H23N3O3.ClH/c1-12(16(21)19-7-9-22-10-8-19)18-15(20)14(11-17)13-5-3-2-4-6-13;/h2-6,12,14H,7-11,17H2,1H3,(H,18,20);1H. The van der Waals surface area contributed by atoms with E-state index in [2.05, 4.69) is 5.32 Å². The summed E-state index contributed by atoms with van der Waals surface area (Å²) < 4.78 is 5.23. The molecule has 0 bridgehead atoms. The van der Waals surface area contributed by atoms with Crippen LogP contribution in [0.1, 0.15) is 18.4 Å². The summed E-state index contributed by atoms with van der Waals surface area (Å²) in [5, 5.41) is 2.78. The summed E-state index contributed by atoms with van der Waals surface area (Å²) in [5.74, 6) is -0.746. The molecule has 1 aromatic rings. The van der Waals surface area contributed by atoms with Crippen LogP contribution in [-0.2, 0) is 14.3 Å². The molecule has 2 amide bonds. The fourth-order valence-electron chi connectivity index (χ4n) is 2.51. The van der Waals surface area contributed by atoms with Gasteiger partial charge in [-0.1, -0.05) is 30.3 Å². The van der Waals surface area contributed by atoms with Crippen LogP contribution in [0.15, 0.2) is 30.3 Å². The third-order valence-electron chi connectivity index (χ3n) is 3.81. The van der Waals surface area contributed by atoms with Crippen LogP contribution in [0.2, 0.25) is 0 Å². The molecule has 1 aliphatic heterocycles. The SMILES string of the molecule is CC(NC(=O)C(CN)c1ccccc1)C(=O)N1CCOCC1.Cl. The van der Waals surface area contributed by atoms with E-state index in [1.165, 1.54) is 0 Å². The summed E-state index contributed by atoms with van der Waals surface area (Å²) in [6, 6.07) is 8.79. The van der Waals surface area contributed by atoms with E-state index in [-0.39, 0.29) is 30.8 Å². The topological polar surface area (TPSA) is 84.7 Å². The number of ether oxygens (including phenoxy) is 1. The molecule has 1 heterocycles. The van der Waals surface area contributed by atoms with Crippen LogP contribution < -0.4 is 11.1 Å². The van der Waals surface area contributed by atoms with E-state index < -0.39 is 12.0 Å². The summed E-state index contributed by atoms with van der Waals surface area (Å²) in [6.45, 7) is 4.13. The predicted octanol–water partition coefficient (Wildman–Crippen LogP) is 0.514. The van der Waals surface area contributed by atoms with Gasteiger partial charge in [0, 0.05) is 19.6 Å². The van der Waals surface area contributed by atoms with Crippen LogP contribution in [0.25, 0.3) is 0 Å². The number of hydrogen-bond acceptors (Lipinski definition) is 4.